The van der Waals surface area contributed by atoms with Gasteiger partial charge in [0, 0.05) is 0 Å². The highest BCUT2D eigenvalue weighted by molar-refractivity contribution is 6.97. The van der Waals surface area contributed by atoms with E-state index >= 15 is 0 Å². The van der Waals surface area contributed by atoms with Gasteiger partial charge in [0.05, 0.1) is 0 Å². The minimum Gasteiger partial charge on any atom is -0.285 e. The lowest BCUT2D eigenvalue weighted by atomic mass is 10.0. The Balaban J connectivity index is 2.07. The predicted molar refractivity (Wildman–Crippen MR) is 85.4 cm³/mol. The van der Waals surface area contributed by atoms with Gasteiger partial charge in [-0.1, -0.05) is 79.9 Å². The van der Waals surface area contributed by atoms with E-state index < -0.39 is 8.32 Å². The van der Waals surface area contributed by atoms with Gasteiger partial charge in [-0.25, -0.2) is 0 Å². The van der Waals surface area contributed by atoms with Crippen LogP contribution in [0.5, 0.6) is 0 Å². The van der Waals surface area contributed by atoms with Crippen LogP contribution in [-0.4, -0.2) is 8.32 Å². The summed E-state index contributed by atoms with van der Waals surface area (Å²) in [5, 5.41) is 2.11. The number of rotatable bonds is 3. The van der Waals surface area contributed by atoms with Crippen LogP contribution in [0.3, 0.4) is 0 Å². The van der Waals surface area contributed by atoms with Crippen LogP contribution in [0.25, 0.3) is 0 Å². The van der Waals surface area contributed by atoms with Crippen molar-refractivity contribution in [2.24, 2.45) is 0 Å². The molecule has 0 saturated heterocycles. The van der Waals surface area contributed by atoms with Crippen LogP contribution >= 0.6 is 0 Å². The van der Waals surface area contributed by atoms with Gasteiger partial charge in [-0.3, -0.25) is 4.80 Å². The Labute approximate surface area is 122 Å². The lowest BCUT2D eigenvalue weighted by Crippen LogP contribution is -2.61. The maximum atomic E-state index is 14.0. The van der Waals surface area contributed by atoms with Crippen molar-refractivity contribution in [1.29, 1.82) is 0 Å². The van der Waals surface area contributed by atoms with E-state index in [2.05, 4.69) is 24.3 Å². The van der Waals surface area contributed by atoms with Crippen molar-refractivity contribution in [3.05, 3.63) is 60.7 Å². The van der Waals surface area contributed by atoms with E-state index in [0.29, 0.717) is 5.54 Å². The topological polar surface area (TPSA) is 19.9 Å². The molecule has 1 aliphatic carbocycles. The summed E-state index contributed by atoms with van der Waals surface area (Å²) >= 11 is 0. The quantitative estimate of drug-likeness (QED) is 0.767. The van der Waals surface area contributed by atoms with Crippen LogP contribution < -0.4 is 10.4 Å². The molecule has 2 aromatic carbocycles. The zero-order valence-corrected chi connectivity index (χ0v) is 12.8. The van der Waals surface area contributed by atoms with Gasteiger partial charge in [0.1, 0.15) is 0 Å². The van der Waals surface area contributed by atoms with E-state index in [-0.39, 0.29) is 0 Å². The summed E-state index contributed by atoms with van der Waals surface area (Å²) in [6.07, 6.45) is 5.96. The molecule has 1 aliphatic rings. The molecule has 1 fully saturated rings. The molecule has 0 bridgehead atoms. The summed E-state index contributed by atoms with van der Waals surface area (Å²) in [6, 6.07) is 20.3. The van der Waals surface area contributed by atoms with E-state index in [1.165, 1.54) is 19.3 Å². The van der Waals surface area contributed by atoms with Gasteiger partial charge in [-0.15, -0.1) is 0 Å². The minimum absolute atomic E-state index is 0.348. The number of benzene rings is 2. The van der Waals surface area contributed by atoms with Gasteiger partial charge in [0.2, 0.25) is 0 Å². The van der Waals surface area contributed by atoms with E-state index in [1.807, 2.05) is 36.4 Å². The molecule has 103 valence electrons. The highest BCUT2D eigenvalue weighted by Crippen LogP contribution is 2.35. The van der Waals surface area contributed by atoms with Gasteiger partial charge < -0.3 is 0 Å². The van der Waals surface area contributed by atoms with Crippen LogP contribution in [0.2, 0.25) is 5.54 Å². The largest absolute Gasteiger partial charge is 0.301 e. The molecule has 1 radical (unpaired) electrons. The summed E-state index contributed by atoms with van der Waals surface area (Å²) in [5.74, 6) is 0. The maximum absolute atomic E-state index is 14.0. The van der Waals surface area contributed by atoms with Crippen molar-refractivity contribution < 1.29 is 4.80 Å². The molecular weight excluding hydrogens is 260 g/mol. The first-order valence-electron chi connectivity index (χ1n) is 7.63. The van der Waals surface area contributed by atoms with Crippen LogP contribution in [-0.2, 0) is 4.80 Å². The molecule has 0 unspecified atom stereocenters. The molecule has 2 aromatic rings. The first-order chi connectivity index (χ1) is 9.82. The van der Waals surface area contributed by atoms with Crippen molar-refractivity contribution in [3.63, 3.8) is 0 Å². The normalized spacial score (nSPS) is 17.1. The Morgan fingerprint density at radius 1 is 0.700 bits per heavy atom. The smallest absolute Gasteiger partial charge is 0.285 e. The SMILES string of the molecule is [O][Si](c1ccccc1)(c1ccccc1)C1CCCCC1. The molecule has 0 N–H and O–H groups in total. The summed E-state index contributed by atoms with van der Waals surface area (Å²) in [5.41, 5.74) is 0.348. The highest BCUT2D eigenvalue weighted by Gasteiger charge is 2.46. The van der Waals surface area contributed by atoms with Crippen LogP contribution in [0.1, 0.15) is 32.1 Å². The number of hydrogen-bond donors (Lipinski definition) is 0. The molecule has 0 atom stereocenters. The van der Waals surface area contributed by atoms with Gasteiger partial charge in [-0.05, 0) is 28.8 Å². The van der Waals surface area contributed by atoms with Crippen molar-refractivity contribution >= 4 is 18.7 Å². The average molecular weight is 281 g/mol. The first kappa shape index (κ1) is 13.6. The van der Waals surface area contributed by atoms with Gasteiger partial charge in [-0.2, -0.15) is 0 Å². The second-order valence-electron chi connectivity index (χ2n) is 5.80. The summed E-state index contributed by atoms with van der Waals surface area (Å²) < 4.78 is 0. The zero-order valence-electron chi connectivity index (χ0n) is 11.8. The fraction of sp³-hybridized carbons (Fsp3) is 0.333. The van der Waals surface area contributed by atoms with Gasteiger partial charge in [0.15, 0.2) is 0 Å². The van der Waals surface area contributed by atoms with Gasteiger partial charge >= 0.3 is 8.32 Å². The fourth-order valence-electron chi connectivity index (χ4n) is 3.52. The predicted octanol–water partition coefficient (Wildman–Crippen LogP) is 3.51. The Morgan fingerprint density at radius 2 is 1.15 bits per heavy atom. The van der Waals surface area contributed by atoms with Crippen LogP contribution in [0.15, 0.2) is 60.7 Å². The van der Waals surface area contributed by atoms with Crippen molar-refractivity contribution in [2.45, 2.75) is 37.6 Å². The third kappa shape index (κ3) is 2.46. The lowest BCUT2D eigenvalue weighted by molar-refractivity contribution is 0.388. The number of hydrogen-bond acceptors (Lipinski definition) is 0. The Hall–Kier alpha value is -1.38. The summed E-state index contributed by atoms with van der Waals surface area (Å²) in [4.78, 5) is 14.0. The molecule has 2 heteroatoms. The molecule has 1 saturated carbocycles. The van der Waals surface area contributed by atoms with Crippen molar-refractivity contribution in [2.75, 3.05) is 0 Å². The van der Waals surface area contributed by atoms with Gasteiger partial charge in [0.25, 0.3) is 0 Å². The molecule has 0 aromatic heterocycles. The Morgan fingerprint density at radius 3 is 1.60 bits per heavy atom. The Kier molecular flexibility index (Phi) is 4.04. The van der Waals surface area contributed by atoms with Crippen molar-refractivity contribution in [1.82, 2.24) is 0 Å². The van der Waals surface area contributed by atoms with E-state index in [1.54, 1.807) is 0 Å². The maximum Gasteiger partial charge on any atom is 0.301 e. The summed E-state index contributed by atoms with van der Waals surface area (Å²) in [7, 11) is -2.85. The third-order valence-electron chi connectivity index (χ3n) is 4.59. The Bertz CT molecular complexity index is 492. The molecular formula is C18H21OSi. The van der Waals surface area contributed by atoms with Crippen LogP contribution in [0.4, 0.5) is 0 Å². The molecule has 0 aliphatic heterocycles. The lowest BCUT2D eigenvalue weighted by Gasteiger charge is -2.35. The third-order valence-corrected chi connectivity index (χ3v) is 8.69. The van der Waals surface area contributed by atoms with Crippen LogP contribution in [0, 0.1) is 0 Å². The standard InChI is InChI=1S/C18H21OSi/c19-20(16-10-4-1-5-11-16,17-12-6-2-7-13-17)18-14-8-3-9-15-18/h1-2,4-7,10-13,18H,3,8-9,14-15H2. The molecule has 1 nitrogen and oxygen atoms in total. The molecule has 0 heterocycles. The first-order valence-corrected chi connectivity index (χ1v) is 9.62. The molecule has 3 rings (SSSR count). The van der Waals surface area contributed by atoms with Crippen molar-refractivity contribution in [3.8, 4) is 0 Å². The fourth-order valence-corrected chi connectivity index (χ4v) is 7.39. The van der Waals surface area contributed by atoms with E-state index in [9.17, 15) is 4.80 Å². The minimum atomic E-state index is -2.85. The zero-order chi connectivity index (χ0) is 13.8. The second kappa shape index (κ2) is 5.94. The second-order valence-corrected chi connectivity index (χ2v) is 9.25. The summed E-state index contributed by atoms with van der Waals surface area (Å²) in [6.45, 7) is 0. The van der Waals surface area contributed by atoms with E-state index in [4.69, 9.17) is 0 Å². The highest BCUT2D eigenvalue weighted by atomic mass is 28.4. The van der Waals surface area contributed by atoms with E-state index in [0.717, 1.165) is 23.2 Å². The average Bonchev–Trinajstić information content (AvgIpc) is 2.56. The molecule has 20 heavy (non-hydrogen) atoms. The monoisotopic (exact) mass is 281 g/mol. The molecule has 0 amide bonds. The molecule has 0 spiro atoms.